The topological polar surface area (TPSA) is 24.5 Å². The highest BCUT2D eigenvalue weighted by Gasteiger charge is 2.15. The lowest BCUT2D eigenvalue weighted by molar-refractivity contribution is 0.169. The molecule has 4 heteroatoms. The van der Waals surface area contributed by atoms with E-state index in [4.69, 9.17) is 4.74 Å². The number of likely N-dealkylation sites (tertiary alicyclic amines) is 1. The van der Waals surface area contributed by atoms with Gasteiger partial charge in [0, 0.05) is 23.6 Å². The standard InChI is InChI=1S/C16H25BrN2O/c1-14(19-9-3-2-4-10-19)13-18-8-11-20-16-7-5-6-15(17)12-16/h5-7,12,14,18H,2-4,8-11,13H2,1H3. The summed E-state index contributed by atoms with van der Waals surface area (Å²) < 4.78 is 6.77. The van der Waals surface area contributed by atoms with Crippen LogP contribution in [0, 0.1) is 0 Å². The summed E-state index contributed by atoms with van der Waals surface area (Å²) in [6.07, 6.45) is 4.11. The Hall–Kier alpha value is -0.580. The van der Waals surface area contributed by atoms with E-state index in [1.807, 2.05) is 24.3 Å². The molecule has 0 aromatic heterocycles. The maximum Gasteiger partial charge on any atom is 0.120 e. The van der Waals surface area contributed by atoms with Crippen LogP contribution in [0.2, 0.25) is 0 Å². The summed E-state index contributed by atoms with van der Waals surface area (Å²) in [6, 6.07) is 8.61. The average molecular weight is 341 g/mol. The van der Waals surface area contributed by atoms with Crippen molar-refractivity contribution in [3.05, 3.63) is 28.7 Å². The molecule has 1 aliphatic heterocycles. The van der Waals surface area contributed by atoms with Gasteiger partial charge >= 0.3 is 0 Å². The first-order valence-corrected chi connectivity index (χ1v) is 8.38. The second kappa shape index (κ2) is 8.65. The molecule has 0 radical (unpaired) electrons. The Morgan fingerprint density at radius 1 is 1.30 bits per heavy atom. The van der Waals surface area contributed by atoms with Gasteiger partial charge < -0.3 is 10.1 Å². The van der Waals surface area contributed by atoms with E-state index in [0.29, 0.717) is 12.6 Å². The third-order valence-electron chi connectivity index (χ3n) is 3.80. The first-order chi connectivity index (χ1) is 9.75. The molecule has 1 unspecified atom stereocenters. The summed E-state index contributed by atoms with van der Waals surface area (Å²) in [4.78, 5) is 2.59. The summed E-state index contributed by atoms with van der Waals surface area (Å²) in [5, 5.41) is 3.49. The first kappa shape index (κ1) is 15.8. The van der Waals surface area contributed by atoms with Gasteiger partial charge in [-0.15, -0.1) is 0 Å². The number of halogens is 1. The second-order valence-electron chi connectivity index (χ2n) is 5.46. The quantitative estimate of drug-likeness (QED) is 0.771. The SMILES string of the molecule is CC(CNCCOc1cccc(Br)c1)N1CCCCC1. The third kappa shape index (κ3) is 5.43. The maximum absolute atomic E-state index is 5.71. The number of piperidine rings is 1. The zero-order chi connectivity index (χ0) is 14.2. The van der Waals surface area contributed by atoms with Gasteiger partial charge in [0.2, 0.25) is 0 Å². The third-order valence-corrected chi connectivity index (χ3v) is 4.29. The number of nitrogens with zero attached hydrogens (tertiary/aromatic N) is 1. The number of benzene rings is 1. The number of hydrogen-bond donors (Lipinski definition) is 1. The normalized spacial score (nSPS) is 17.9. The Balaban J connectivity index is 1.57. The smallest absolute Gasteiger partial charge is 0.120 e. The lowest BCUT2D eigenvalue weighted by Gasteiger charge is -2.32. The number of nitrogens with one attached hydrogen (secondary N) is 1. The van der Waals surface area contributed by atoms with Crippen molar-refractivity contribution in [3.8, 4) is 5.75 Å². The number of ether oxygens (including phenoxy) is 1. The van der Waals surface area contributed by atoms with Crippen molar-refractivity contribution in [1.29, 1.82) is 0 Å². The Morgan fingerprint density at radius 2 is 2.10 bits per heavy atom. The fourth-order valence-electron chi connectivity index (χ4n) is 2.60. The highest BCUT2D eigenvalue weighted by molar-refractivity contribution is 9.10. The van der Waals surface area contributed by atoms with E-state index in [2.05, 4.69) is 33.1 Å². The van der Waals surface area contributed by atoms with Crippen molar-refractivity contribution < 1.29 is 4.74 Å². The lowest BCUT2D eigenvalue weighted by atomic mass is 10.1. The molecule has 1 aromatic carbocycles. The molecule has 0 spiro atoms. The van der Waals surface area contributed by atoms with E-state index in [1.165, 1.54) is 32.4 Å². The van der Waals surface area contributed by atoms with Gasteiger partial charge in [0.15, 0.2) is 0 Å². The predicted molar refractivity (Wildman–Crippen MR) is 87.4 cm³/mol. The number of rotatable bonds is 7. The zero-order valence-electron chi connectivity index (χ0n) is 12.3. The van der Waals surface area contributed by atoms with Crippen molar-refractivity contribution >= 4 is 15.9 Å². The zero-order valence-corrected chi connectivity index (χ0v) is 13.9. The maximum atomic E-state index is 5.71. The molecule has 1 fully saturated rings. The van der Waals surface area contributed by atoms with Gasteiger partial charge in [0.25, 0.3) is 0 Å². The Kier molecular flexibility index (Phi) is 6.83. The molecular formula is C16H25BrN2O. The van der Waals surface area contributed by atoms with Crippen LogP contribution in [0.15, 0.2) is 28.7 Å². The van der Waals surface area contributed by atoms with Gasteiger partial charge in [-0.3, -0.25) is 4.90 Å². The highest BCUT2D eigenvalue weighted by atomic mass is 79.9. The summed E-state index contributed by atoms with van der Waals surface area (Å²) in [5.74, 6) is 0.922. The molecule has 2 rings (SSSR count). The molecule has 20 heavy (non-hydrogen) atoms. The Morgan fingerprint density at radius 3 is 2.85 bits per heavy atom. The monoisotopic (exact) mass is 340 g/mol. The molecule has 1 heterocycles. The van der Waals surface area contributed by atoms with Crippen LogP contribution in [0.4, 0.5) is 0 Å². The van der Waals surface area contributed by atoms with Crippen molar-refractivity contribution in [1.82, 2.24) is 10.2 Å². The average Bonchev–Trinajstić information content (AvgIpc) is 2.48. The van der Waals surface area contributed by atoms with Crippen LogP contribution in [-0.2, 0) is 0 Å². The van der Waals surface area contributed by atoms with Crippen LogP contribution in [-0.4, -0.2) is 43.7 Å². The molecule has 1 saturated heterocycles. The minimum Gasteiger partial charge on any atom is -0.492 e. The van der Waals surface area contributed by atoms with Gasteiger partial charge in [0.05, 0.1) is 0 Å². The minimum absolute atomic E-state index is 0.626. The molecule has 1 N–H and O–H groups in total. The summed E-state index contributed by atoms with van der Waals surface area (Å²) in [6.45, 7) is 7.48. The molecule has 1 atom stereocenters. The molecule has 3 nitrogen and oxygen atoms in total. The van der Waals surface area contributed by atoms with Crippen LogP contribution < -0.4 is 10.1 Å². The summed E-state index contributed by atoms with van der Waals surface area (Å²) in [7, 11) is 0. The predicted octanol–water partition coefficient (Wildman–Crippen LogP) is 3.29. The fraction of sp³-hybridized carbons (Fsp3) is 0.625. The molecule has 0 bridgehead atoms. The summed E-state index contributed by atoms with van der Waals surface area (Å²) in [5.41, 5.74) is 0. The van der Waals surface area contributed by atoms with Crippen LogP contribution in [0.5, 0.6) is 5.75 Å². The van der Waals surface area contributed by atoms with E-state index in [0.717, 1.165) is 23.3 Å². The van der Waals surface area contributed by atoms with Crippen LogP contribution in [0.1, 0.15) is 26.2 Å². The highest BCUT2D eigenvalue weighted by Crippen LogP contribution is 2.17. The summed E-state index contributed by atoms with van der Waals surface area (Å²) >= 11 is 3.45. The Labute approximate surface area is 130 Å². The lowest BCUT2D eigenvalue weighted by Crippen LogP contribution is -2.43. The molecule has 0 saturated carbocycles. The van der Waals surface area contributed by atoms with Gasteiger partial charge in [-0.1, -0.05) is 28.4 Å². The van der Waals surface area contributed by atoms with Crippen molar-refractivity contribution in [3.63, 3.8) is 0 Å². The van der Waals surface area contributed by atoms with E-state index < -0.39 is 0 Å². The molecule has 112 valence electrons. The second-order valence-corrected chi connectivity index (χ2v) is 6.37. The largest absolute Gasteiger partial charge is 0.492 e. The molecule has 0 aliphatic carbocycles. The molecule has 1 aliphatic rings. The van der Waals surface area contributed by atoms with Crippen molar-refractivity contribution in [2.75, 3.05) is 32.8 Å². The van der Waals surface area contributed by atoms with Crippen molar-refractivity contribution in [2.24, 2.45) is 0 Å². The van der Waals surface area contributed by atoms with Gasteiger partial charge in [-0.2, -0.15) is 0 Å². The van der Waals surface area contributed by atoms with E-state index in [1.54, 1.807) is 0 Å². The van der Waals surface area contributed by atoms with Crippen LogP contribution >= 0.6 is 15.9 Å². The van der Waals surface area contributed by atoms with Gasteiger partial charge in [0.1, 0.15) is 12.4 Å². The van der Waals surface area contributed by atoms with E-state index in [-0.39, 0.29) is 0 Å². The number of hydrogen-bond acceptors (Lipinski definition) is 3. The van der Waals surface area contributed by atoms with E-state index >= 15 is 0 Å². The molecule has 0 amide bonds. The first-order valence-electron chi connectivity index (χ1n) is 7.59. The molecular weight excluding hydrogens is 316 g/mol. The van der Waals surface area contributed by atoms with Crippen LogP contribution in [0.25, 0.3) is 0 Å². The van der Waals surface area contributed by atoms with E-state index in [9.17, 15) is 0 Å². The van der Waals surface area contributed by atoms with Crippen LogP contribution in [0.3, 0.4) is 0 Å². The Bertz CT molecular complexity index is 394. The molecule has 1 aromatic rings. The van der Waals surface area contributed by atoms with Gasteiger partial charge in [-0.05, 0) is 51.1 Å². The van der Waals surface area contributed by atoms with Gasteiger partial charge in [-0.25, -0.2) is 0 Å². The minimum atomic E-state index is 0.626. The fourth-order valence-corrected chi connectivity index (χ4v) is 2.98. The van der Waals surface area contributed by atoms with Crippen molar-refractivity contribution in [2.45, 2.75) is 32.2 Å².